The van der Waals surface area contributed by atoms with E-state index >= 15 is 0 Å². The fourth-order valence-corrected chi connectivity index (χ4v) is 5.10. The number of carbonyl (C=O) groups excluding carboxylic acids is 2. The molecule has 1 aliphatic heterocycles. The first-order valence-corrected chi connectivity index (χ1v) is 12.7. The van der Waals surface area contributed by atoms with Crippen LogP contribution in [-0.4, -0.2) is 36.3 Å². The number of hydrogen-bond donors (Lipinski definition) is 1. The molecule has 1 heterocycles. The van der Waals surface area contributed by atoms with Gasteiger partial charge >= 0.3 is 0 Å². The molecule has 0 bridgehead atoms. The van der Waals surface area contributed by atoms with Gasteiger partial charge in [-0.2, -0.15) is 0 Å². The molecule has 0 unspecified atom stereocenters. The Balaban J connectivity index is 1.38. The van der Waals surface area contributed by atoms with Gasteiger partial charge in [-0.05, 0) is 61.3 Å². The first-order chi connectivity index (χ1) is 17.1. The Hall–Kier alpha value is -3.40. The molecule has 0 aliphatic carbocycles. The van der Waals surface area contributed by atoms with Crippen molar-refractivity contribution in [1.82, 2.24) is 10.2 Å². The second-order valence-electron chi connectivity index (χ2n) is 9.74. The van der Waals surface area contributed by atoms with Crippen LogP contribution >= 0.6 is 0 Å². The van der Waals surface area contributed by atoms with E-state index in [-0.39, 0.29) is 11.8 Å². The summed E-state index contributed by atoms with van der Waals surface area (Å²) in [6, 6.07) is 28.7. The number of rotatable bonds is 9. The molecule has 0 spiro atoms. The van der Waals surface area contributed by atoms with Crippen molar-refractivity contribution in [2.45, 2.75) is 45.4 Å². The number of carbonyl (C=O) groups is 2. The zero-order valence-electron chi connectivity index (χ0n) is 20.7. The topological polar surface area (TPSA) is 49.4 Å². The Bertz CT molecular complexity index is 1100. The van der Waals surface area contributed by atoms with Gasteiger partial charge in [-0.25, -0.2) is 0 Å². The first kappa shape index (κ1) is 24.7. The summed E-state index contributed by atoms with van der Waals surface area (Å²) >= 11 is 0. The van der Waals surface area contributed by atoms with Gasteiger partial charge in [-0.1, -0.05) is 84.9 Å². The third-order valence-electron chi connectivity index (χ3n) is 7.35. The van der Waals surface area contributed by atoms with E-state index in [9.17, 15) is 9.59 Å². The number of nitrogens with zero attached hydrogens (tertiary/aromatic N) is 1. The van der Waals surface area contributed by atoms with Crippen molar-refractivity contribution in [3.63, 3.8) is 0 Å². The summed E-state index contributed by atoms with van der Waals surface area (Å²) in [5, 5.41) is 3.24. The van der Waals surface area contributed by atoms with Crippen LogP contribution in [0.3, 0.4) is 0 Å². The number of aryl methyl sites for hydroxylation is 2. The predicted molar refractivity (Wildman–Crippen MR) is 141 cm³/mol. The molecular weight excluding hydrogens is 432 g/mol. The summed E-state index contributed by atoms with van der Waals surface area (Å²) in [7, 11) is 0. The molecule has 2 amide bonds. The molecule has 1 saturated heterocycles. The quantitative estimate of drug-likeness (QED) is 0.473. The Morgan fingerprint density at radius 2 is 1.40 bits per heavy atom. The van der Waals surface area contributed by atoms with Crippen LogP contribution in [0.5, 0.6) is 0 Å². The highest BCUT2D eigenvalue weighted by Crippen LogP contribution is 2.36. The molecule has 4 rings (SSSR count). The van der Waals surface area contributed by atoms with Gasteiger partial charge in [0.15, 0.2) is 0 Å². The molecule has 4 heteroatoms. The van der Waals surface area contributed by atoms with E-state index in [4.69, 9.17) is 0 Å². The summed E-state index contributed by atoms with van der Waals surface area (Å²) in [6.45, 7) is 4.00. The minimum atomic E-state index is -0.483. The van der Waals surface area contributed by atoms with E-state index in [1.807, 2.05) is 53.4 Å². The molecule has 182 valence electrons. The van der Waals surface area contributed by atoms with Crippen molar-refractivity contribution in [1.29, 1.82) is 0 Å². The van der Waals surface area contributed by atoms with Crippen molar-refractivity contribution >= 4 is 11.8 Å². The third-order valence-corrected chi connectivity index (χ3v) is 7.35. The first-order valence-electron chi connectivity index (χ1n) is 12.7. The van der Waals surface area contributed by atoms with Crippen LogP contribution in [0.4, 0.5) is 0 Å². The Labute approximate surface area is 209 Å². The van der Waals surface area contributed by atoms with Gasteiger partial charge in [0.25, 0.3) is 0 Å². The molecule has 3 aromatic carbocycles. The second kappa shape index (κ2) is 11.8. The summed E-state index contributed by atoms with van der Waals surface area (Å²) in [5.41, 5.74) is 4.39. The standard InChI is InChI=1S/C31H36N2O2/c1-25-10-8-9-15-28(25)18-21-32-30(35)31(24-27-13-6-3-7-14-27)19-22-33(23-20-31)29(34)17-16-26-11-4-2-5-12-26/h2-15H,16-24H2,1H3,(H,32,35). The Morgan fingerprint density at radius 3 is 2.06 bits per heavy atom. The zero-order valence-corrected chi connectivity index (χ0v) is 20.7. The van der Waals surface area contributed by atoms with Crippen molar-refractivity contribution < 1.29 is 9.59 Å². The number of nitrogens with one attached hydrogen (secondary N) is 1. The fourth-order valence-electron chi connectivity index (χ4n) is 5.10. The monoisotopic (exact) mass is 468 g/mol. The normalized spacial score (nSPS) is 14.9. The smallest absolute Gasteiger partial charge is 0.226 e. The highest BCUT2D eigenvalue weighted by atomic mass is 16.2. The molecule has 4 nitrogen and oxygen atoms in total. The molecule has 1 aliphatic rings. The van der Waals surface area contributed by atoms with Gasteiger partial charge in [0.2, 0.25) is 11.8 Å². The van der Waals surface area contributed by atoms with Gasteiger partial charge in [0.05, 0.1) is 5.41 Å². The maximum atomic E-state index is 13.6. The maximum absolute atomic E-state index is 13.6. The lowest BCUT2D eigenvalue weighted by Crippen LogP contribution is -2.51. The van der Waals surface area contributed by atoms with Crippen molar-refractivity contribution in [3.8, 4) is 0 Å². The summed E-state index contributed by atoms with van der Waals surface area (Å²) in [5.74, 6) is 0.299. The van der Waals surface area contributed by atoms with Gasteiger partial charge in [-0.15, -0.1) is 0 Å². The van der Waals surface area contributed by atoms with Crippen molar-refractivity contribution in [3.05, 3.63) is 107 Å². The molecule has 3 aromatic rings. The molecule has 1 N–H and O–H groups in total. The van der Waals surface area contributed by atoms with Gasteiger partial charge in [-0.3, -0.25) is 9.59 Å². The van der Waals surface area contributed by atoms with E-state index in [0.29, 0.717) is 45.3 Å². The average molecular weight is 469 g/mol. The zero-order chi connectivity index (χ0) is 24.5. The lowest BCUT2D eigenvalue weighted by atomic mass is 9.72. The van der Waals surface area contributed by atoms with Crippen molar-refractivity contribution in [2.24, 2.45) is 5.41 Å². The predicted octanol–water partition coefficient (Wildman–Crippen LogP) is 5.14. The molecule has 0 saturated carbocycles. The number of likely N-dealkylation sites (tertiary alicyclic amines) is 1. The van der Waals surface area contributed by atoms with Gasteiger partial charge < -0.3 is 10.2 Å². The molecule has 1 fully saturated rings. The number of hydrogen-bond acceptors (Lipinski definition) is 2. The summed E-state index contributed by atoms with van der Waals surface area (Å²) < 4.78 is 0. The highest BCUT2D eigenvalue weighted by molar-refractivity contribution is 5.84. The van der Waals surface area contributed by atoms with E-state index in [1.54, 1.807) is 0 Å². The Kier molecular flexibility index (Phi) is 8.36. The number of piperidine rings is 1. The third kappa shape index (κ3) is 6.60. The van der Waals surface area contributed by atoms with Gasteiger partial charge in [0.1, 0.15) is 0 Å². The molecule has 35 heavy (non-hydrogen) atoms. The minimum Gasteiger partial charge on any atom is -0.355 e. The summed E-state index contributed by atoms with van der Waals surface area (Å²) in [4.78, 5) is 28.4. The van der Waals surface area contributed by atoms with Crippen LogP contribution in [0.25, 0.3) is 0 Å². The molecule has 0 atom stereocenters. The van der Waals surface area contributed by atoms with E-state index < -0.39 is 5.41 Å². The average Bonchev–Trinajstić information content (AvgIpc) is 2.90. The number of benzene rings is 3. The van der Waals surface area contributed by atoms with Crippen LogP contribution in [0, 0.1) is 12.3 Å². The van der Waals surface area contributed by atoms with Crippen LogP contribution in [0.2, 0.25) is 0 Å². The lowest BCUT2D eigenvalue weighted by Gasteiger charge is -2.41. The van der Waals surface area contributed by atoms with E-state index in [1.165, 1.54) is 22.3 Å². The van der Waals surface area contributed by atoms with E-state index in [2.05, 4.69) is 48.6 Å². The largest absolute Gasteiger partial charge is 0.355 e. The molecule has 0 aromatic heterocycles. The van der Waals surface area contributed by atoms with E-state index in [0.717, 1.165) is 12.8 Å². The summed E-state index contributed by atoms with van der Waals surface area (Å²) in [6.07, 6.45) is 4.17. The lowest BCUT2D eigenvalue weighted by molar-refractivity contribution is -0.140. The Morgan fingerprint density at radius 1 is 0.800 bits per heavy atom. The highest BCUT2D eigenvalue weighted by Gasteiger charge is 2.42. The van der Waals surface area contributed by atoms with Crippen LogP contribution < -0.4 is 5.32 Å². The maximum Gasteiger partial charge on any atom is 0.226 e. The second-order valence-corrected chi connectivity index (χ2v) is 9.74. The molecule has 0 radical (unpaired) electrons. The molecular formula is C31H36N2O2. The fraction of sp³-hybridized carbons (Fsp3) is 0.355. The van der Waals surface area contributed by atoms with Crippen LogP contribution in [0.1, 0.15) is 41.5 Å². The van der Waals surface area contributed by atoms with Gasteiger partial charge in [0, 0.05) is 26.1 Å². The number of amides is 2. The SMILES string of the molecule is Cc1ccccc1CCNC(=O)C1(Cc2ccccc2)CCN(C(=O)CCc2ccccc2)CC1. The minimum absolute atomic E-state index is 0.117. The van der Waals surface area contributed by atoms with Crippen LogP contribution in [-0.2, 0) is 28.9 Å². The van der Waals surface area contributed by atoms with Crippen molar-refractivity contribution in [2.75, 3.05) is 19.6 Å². The van der Waals surface area contributed by atoms with Crippen LogP contribution in [0.15, 0.2) is 84.9 Å².